The van der Waals surface area contributed by atoms with Crippen LogP contribution in [0.2, 0.25) is 5.02 Å². The minimum Gasteiger partial charge on any atom is -0.283 e. The minimum absolute atomic E-state index is 0.437. The van der Waals surface area contributed by atoms with Gasteiger partial charge in [0.2, 0.25) is 0 Å². The van der Waals surface area contributed by atoms with Gasteiger partial charge in [0, 0.05) is 5.02 Å². The number of hydrogen-bond donors (Lipinski definition) is 0. The quantitative estimate of drug-likeness (QED) is 0.745. The smallest absolute Gasteiger partial charge is 0.283 e. The van der Waals surface area contributed by atoms with Gasteiger partial charge in [0.1, 0.15) is 0 Å². The summed E-state index contributed by atoms with van der Waals surface area (Å²) in [5.41, 5.74) is 2.48. The molecule has 0 aliphatic carbocycles. The molecule has 0 spiro atoms. The van der Waals surface area contributed by atoms with E-state index in [1.165, 1.54) is 4.90 Å². The first-order chi connectivity index (χ1) is 9.11. The van der Waals surface area contributed by atoms with Gasteiger partial charge in [0.15, 0.2) is 0 Å². The van der Waals surface area contributed by atoms with Crippen LogP contribution in [0, 0.1) is 6.92 Å². The van der Waals surface area contributed by atoms with Gasteiger partial charge in [-0.3, -0.25) is 14.5 Å². The van der Waals surface area contributed by atoms with E-state index in [9.17, 15) is 9.59 Å². The van der Waals surface area contributed by atoms with Gasteiger partial charge in [-0.15, -0.1) is 0 Å². The van der Waals surface area contributed by atoms with E-state index < -0.39 is 11.7 Å². The fraction of sp³-hybridized carbons (Fsp3) is 0.0667. The molecule has 0 saturated heterocycles. The molecule has 3 rings (SSSR count). The summed E-state index contributed by atoms with van der Waals surface area (Å²) >= 11 is 6.08. The molecular formula is C15H10ClNO2. The molecule has 0 saturated carbocycles. The predicted octanol–water partition coefficient (Wildman–Crippen LogP) is 3.51. The largest absolute Gasteiger partial charge is 0.304 e. The second-order valence-electron chi connectivity index (χ2n) is 4.37. The summed E-state index contributed by atoms with van der Waals surface area (Å²) in [5, 5.41) is 0.571. The zero-order chi connectivity index (χ0) is 13.6. The van der Waals surface area contributed by atoms with Crippen molar-refractivity contribution in [1.29, 1.82) is 0 Å². The molecule has 0 fully saturated rings. The van der Waals surface area contributed by atoms with Crippen LogP contribution in [0.1, 0.15) is 15.9 Å². The molecule has 0 atom stereocenters. The lowest BCUT2D eigenvalue weighted by molar-refractivity contribution is -0.113. The Morgan fingerprint density at radius 1 is 0.947 bits per heavy atom. The Labute approximate surface area is 115 Å². The first kappa shape index (κ1) is 11.9. The van der Waals surface area contributed by atoms with E-state index in [-0.39, 0.29) is 0 Å². The van der Waals surface area contributed by atoms with E-state index in [0.29, 0.717) is 22.0 Å². The molecule has 1 heterocycles. The average molecular weight is 272 g/mol. The van der Waals surface area contributed by atoms with Crippen molar-refractivity contribution in [2.75, 3.05) is 4.90 Å². The fourth-order valence-electron chi connectivity index (χ4n) is 2.26. The Kier molecular flexibility index (Phi) is 2.64. The first-order valence-electron chi connectivity index (χ1n) is 5.84. The summed E-state index contributed by atoms with van der Waals surface area (Å²) in [6.45, 7) is 1.83. The number of amides is 1. The summed E-state index contributed by atoms with van der Waals surface area (Å²) in [4.78, 5) is 25.5. The highest BCUT2D eigenvalue weighted by Gasteiger charge is 2.37. The summed E-state index contributed by atoms with van der Waals surface area (Å²) in [6.07, 6.45) is 0. The van der Waals surface area contributed by atoms with Crippen LogP contribution in [0.4, 0.5) is 11.4 Å². The molecule has 1 aliphatic rings. The lowest BCUT2D eigenvalue weighted by Gasteiger charge is -2.19. The van der Waals surface area contributed by atoms with Crippen molar-refractivity contribution in [1.82, 2.24) is 0 Å². The standard InChI is InChI=1S/C15H10ClNO2/c1-9-11(16)6-4-8-12(9)17-13-7-3-2-5-10(13)14(18)15(17)19/h2-8H,1H3. The third-order valence-corrected chi connectivity index (χ3v) is 3.68. The second kappa shape index (κ2) is 4.21. The molecule has 0 aromatic heterocycles. The number of Topliss-reactive ketones (excluding diaryl/α,β-unsaturated/α-hetero) is 1. The molecule has 2 aromatic carbocycles. The van der Waals surface area contributed by atoms with Gasteiger partial charge in [0.05, 0.1) is 16.9 Å². The molecular weight excluding hydrogens is 262 g/mol. The maximum Gasteiger partial charge on any atom is 0.304 e. The Morgan fingerprint density at radius 3 is 2.42 bits per heavy atom. The molecule has 3 nitrogen and oxygen atoms in total. The number of ketones is 1. The molecule has 1 amide bonds. The van der Waals surface area contributed by atoms with Crippen molar-refractivity contribution in [3.63, 3.8) is 0 Å². The SMILES string of the molecule is Cc1c(Cl)cccc1N1C(=O)C(=O)c2ccccc21. The Morgan fingerprint density at radius 2 is 1.63 bits per heavy atom. The van der Waals surface area contributed by atoms with Crippen molar-refractivity contribution in [2.45, 2.75) is 6.92 Å². The van der Waals surface area contributed by atoms with E-state index in [0.717, 1.165) is 5.56 Å². The third kappa shape index (κ3) is 1.66. The molecule has 94 valence electrons. The van der Waals surface area contributed by atoms with Crippen LogP contribution in [-0.4, -0.2) is 11.7 Å². The lowest BCUT2D eigenvalue weighted by Crippen LogP contribution is -2.25. The molecule has 1 aliphatic heterocycles. The summed E-state index contributed by atoms with van der Waals surface area (Å²) in [7, 11) is 0. The third-order valence-electron chi connectivity index (χ3n) is 3.27. The van der Waals surface area contributed by atoms with Gasteiger partial charge in [-0.2, -0.15) is 0 Å². The molecule has 0 N–H and O–H groups in total. The number of hydrogen-bond acceptors (Lipinski definition) is 2. The van der Waals surface area contributed by atoms with Crippen molar-refractivity contribution < 1.29 is 9.59 Å². The molecule has 2 aromatic rings. The monoisotopic (exact) mass is 271 g/mol. The minimum atomic E-state index is -0.536. The number of carbonyl (C=O) groups is 2. The Balaban J connectivity index is 2.24. The van der Waals surface area contributed by atoms with Crippen molar-refractivity contribution >= 4 is 34.7 Å². The van der Waals surface area contributed by atoms with Gasteiger partial charge >= 0.3 is 5.91 Å². The van der Waals surface area contributed by atoms with Crippen molar-refractivity contribution in [3.05, 3.63) is 58.6 Å². The highest BCUT2D eigenvalue weighted by molar-refractivity contribution is 6.53. The van der Waals surface area contributed by atoms with E-state index in [1.807, 2.05) is 6.92 Å². The number of anilines is 2. The Hall–Kier alpha value is -2.13. The van der Waals surface area contributed by atoms with Gasteiger partial charge in [-0.05, 0) is 36.8 Å². The zero-order valence-corrected chi connectivity index (χ0v) is 10.9. The molecule has 4 heteroatoms. The van der Waals surface area contributed by atoms with Crippen LogP contribution < -0.4 is 4.90 Å². The molecule has 0 unspecified atom stereocenters. The van der Waals surface area contributed by atoms with Crippen LogP contribution in [0.3, 0.4) is 0 Å². The molecule has 0 radical (unpaired) electrons. The zero-order valence-electron chi connectivity index (χ0n) is 10.2. The molecule has 0 bridgehead atoms. The van der Waals surface area contributed by atoms with Crippen LogP contribution in [0.15, 0.2) is 42.5 Å². The number of para-hydroxylation sites is 1. The van der Waals surface area contributed by atoms with Crippen molar-refractivity contribution in [3.8, 4) is 0 Å². The topological polar surface area (TPSA) is 37.4 Å². The number of benzene rings is 2. The maximum absolute atomic E-state index is 12.2. The average Bonchev–Trinajstić information content (AvgIpc) is 2.67. The number of rotatable bonds is 1. The number of halogens is 1. The van der Waals surface area contributed by atoms with Crippen LogP contribution in [0.5, 0.6) is 0 Å². The van der Waals surface area contributed by atoms with Gasteiger partial charge in [-0.1, -0.05) is 29.8 Å². The van der Waals surface area contributed by atoms with E-state index in [2.05, 4.69) is 0 Å². The highest BCUT2D eigenvalue weighted by atomic mass is 35.5. The summed E-state index contributed by atoms with van der Waals surface area (Å²) in [6, 6.07) is 12.3. The van der Waals surface area contributed by atoms with Gasteiger partial charge in [-0.25, -0.2) is 0 Å². The highest BCUT2D eigenvalue weighted by Crippen LogP contribution is 2.38. The lowest BCUT2D eigenvalue weighted by atomic mass is 10.1. The summed E-state index contributed by atoms with van der Waals surface area (Å²) in [5.74, 6) is -1.01. The van der Waals surface area contributed by atoms with E-state index >= 15 is 0 Å². The maximum atomic E-state index is 12.2. The van der Waals surface area contributed by atoms with E-state index in [4.69, 9.17) is 11.6 Å². The van der Waals surface area contributed by atoms with Crippen molar-refractivity contribution in [2.24, 2.45) is 0 Å². The van der Waals surface area contributed by atoms with Crippen LogP contribution in [0.25, 0.3) is 0 Å². The van der Waals surface area contributed by atoms with Crippen LogP contribution >= 0.6 is 11.6 Å². The first-order valence-corrected chi connectivity index (χ1v) is 6.22. The Bertz CT molecular complexity index is 709. The fourth-order valence-corrected chi connectivity index (χ4v) is 2.43. The van der Waals surface area contributed by atoms with Gasteiger partial charge in [0.25, 0.3) is 5.78 Å². The predicted molar refractivity (Wildman–Crippen MR) is 74.1 cm³/mol. The number of carbonyl (C=O) groups excluding carboxylic acids is 2. The number of fused-ring (bicyclic) bond motifs is 1. The van der Waals surface area contributed by atoms with E-state index in [1.54, 1.807) is 42.5 Å². The summed E-state index contributed by atoms with van der Waals surface area (Å²) < 4.78 is 0. The second-order valence-corrected chi connectivity index (χ2v) is 4.78. The molecule has 19 heavy (non-hydrogen) atoms. The normalized spacial score (nSPS) is 13.9. The van der Waals surface area contributed by atoms with Gasteiger partial charge < -0.3 is 0 Å². The number of nitrogens with zero attached hydrogens (tertiary/aromatic N) is 1. The van der Waals surface area contributed by atoms with Crippen LogP contribution in [-0.2, 0) is 4.79 Å².